The highest BCUT2D eigenvalue weighted by Crippen LogP contribution is 2.39. The molecule has 0 aliphatic heterocycles. The third-order valence-electron chi connectivity index (χ3n) is 4.31. The van der Waals surface area contributed by atoms with Gasteiger partial charge in [0.2, 0.25) is 0 Å². The van der Waals surface area contributed by atoms with Crippen LogP contribution in [0.1, 0.15) is 42.0 Å². The number of fused-ring (bicyclic) bond motifs is 1. The molecule has 0 atom stereocenters. The molecular formula is C20H21Br. The first-order valence-electron chi connectivity index (χ1n) is 7.79. The van der Waals surface area contributed by atoms with E-state index in [1.54, 1.807) is 0 Å². The summed E-state index contributed by atoms with van der Waals surface area (Å²) in [5.74, 6) is 0. The molecule has 0 saturated heterocycles. The van der Waals surface area contributed by atoms with Crippen LogP contribution in [-0.4, -0.2) is 0 Å². The van der Waals surface area contributed by atoms with Crippen LogP contribution < -0.4 is 0 Å². The number of allylic oxidation sites excluding steroid dienone is 1. The Balaban J connectivity index is 2.18. The molecule has 1 aliphatic carbocycles. The van der Waals surface area contributed by atoms with Crippen molar-refractivity contribution in [2.75, 3.05) is 0 Å². The maximum absolute atomic E-state index is 3.73. The van der Waals surface area contributed by atoms with Crippen LogP contribution in [0.15, 0.2) is 40.9 Å². The molecule has 108 valence electrons. The molecule has 2 aromatic rings. The Hall–Kier alpha value is -1.34. The summed E-state index contributed by atoms with van der Waals surface area (Å²) < 4.78 is 1.25. The van der Waals surface area contributed by atoms with Crippen LogP contribution in [0.4, 0.5) is 0 Å². The average molecular weight is 341 g/mol. The summed E-state index contributed by atoms with van der Waals surface area (Å²) in [6.45, 7) is 4.48. The van der Waals surface area contributed by atoms with Crippen LogP contribution in [0, 0.1) is 6.92 Å². The molecule has 0 bridgehead atoms. The van der Waals surface area contributed by atoms with E-state index in [0.717, 1.165) is 6.42 Å². The van der Waals surface area contributed by atoms with Crippen molar-refractivity contribution < 1.29 is 0 Å². The van der Waals surface area contributed by atoms with Crippen molar-refractivity contribution in [2.45, 2.75) is 39.5 Å². The second kappa shape index (κ2) is 6.19. The maximum atomic E-state index is 3.73. The fourth-order valence-electron chi connectivity index (χ4n) is 3.23. The normalized spacial score (nSPS) is 12.7. The molecule has 0 radical (unpaired) electrons. The second-order valence-electron chi connectivity index (χ2n) is 5.81. The Morgan fingerprint density at radius 2 is 2.00 bits per heavy atom. The number of benzene rings is 2. The van der Waals surface area contributed by atoms with Crippen molar-refractivity contribution in [3.8, 4) is 11.1 Å². The first-order valence-corrected chi connectivity index (χ1v) is 8.58. The highest BCUT2D eigenvalue weighted by atomic mass is 79.9. The van der Waals surface area contributed by atoms with Gasteiger partial charge in [-0.25, -0.2) is 0 Å². The summed E-state index contributed by atoms with van der Waals surface area (Å²) in [5, 5.41) is 0. The average Bonchev–Trinajstić information content (AvgIpc) is 2.96. The van der Waals surface area contributed by atoms with Crippen molar-refractivity contribution >= 4 is 22.0 Å². The van der Waals surface area contributed by atoms with Gasteiger partial charge in [0.1, 0.15) is 0 Å². The molecule has 21 heavy (non-hydrogen) atoms. The van der Waals surface area contributed by atoms with Gasteiger partial charge in [-0.05, 0) is 65.6 Å². The van der Waals surface area contributed by atoms with Crippen molar-refractivity contribution in [1.29, 1.82) is 0 Å². The first-order chi connectivity index (χ1) is 10.2. The Morgan fingerprint density at radius 3 is 2.81 bits per heavy atom. The highest BCUT2D eigenvalue weighted by molar-refractivity contribution is 9.10. The lowest BCUT2D eigenvalue weighted by atomic mass is 9.88. The van der Waals surface area contributed by atoms with Gasteiger partial charge in [0.25, 0.3) is 0 Å². The van der Waals surface area contributed by atoms with E-state index < -0.39 is 0 Å². The summed E-state index contributed by atoms with van der Waals surface area (Å²) in [5.41, 5.74) is 8.52. The third kappa shape index (κ3) is 2.72. The fourth-order valence-corrected chi connectivity index (χ4v) is 3.95. The molecule has 0 spiro atoms. The number of hydrogen-bond acceptors (Lipinski definition) is 0. The number of hydrogen-bond donors (Lipinski definition) is 0. The smallest absolute Gasteiger partial charge is 0.0219 e. The lowest BCUT2D eigenvalue weighted by Gasteiger charge is -2.17. The van der Waals surface area contributed by atoms with E-state index in [-0.39, 0.29) is 0 Å². The summed E-state index contributed by atoms with van der Waals surface area (Å²) in [4.78, 5) is 0. The molecule has 0 unspecified atom stereocenters. The van der Waals surface area contributed by atoms with Gasteiger partial charge in [-0.1, -0.05) is 65.7 Å². The van der Waals surface area contributed by atoms with Crippen LogP contribution in [0.3, 0.4) is 0 Å². The van der Waals surface area contributed by atoms with E-state index in [1.165, 1.54) is 57.1 Å². The van der Waals surface area contributed by atoms with Crippen LogP contribution in [0.25, 0.3) is 17.2 Å². The van der Waals surface area contributed by atoms with Crippen molar-refractivity contribution in [1.82, 2.24) is 0 Å². The van der Waals surface area contributed by atoms with E-state index in [4.69, 9.17) is 0 Å². The monoisotopic (exact) mass is 340 g/mol. The summed E-state index contributed by atoms with van der Waals surface area (Å²) in [7, 11) is 0. The molecule has 0 heterocycles. The SMILES string of the molecule is CCCCc1ccccc1-c1c(C)cc(Br)c2c1C=CC2. The van der Waals surface area contributed by atoms with Gasteiger partial charge in [-0.3, -0.25) is 0 Å². The lowest BCUT2D eigenvalue weighted by molar-refractivity contribution is 0.796. The lowest BCUT2D eigenvalue weighted by Crippen LogP contribution is -1.97. The number of aryl methyl sites for hydroxylation is 2. The largest absolute Gasteiger partial charge is 0.0794 e. The third-order valence-corrected chi connectivity index (χ3v) is 5.02. The summed E-state index contributed by atoms with van der Waals surface area (Å²) in [6, 6.07) is 11.2. The first kappa shape index (κ1) is 14.6. The molecular weight excluding hydrogens is 320 g/mol. The van der Waals surface area contributed by atoms with Crippen molar-refractivity contribution in [3.05, 3.63) is 63.1 Å². The predicted octanol–water partition coefficient (Wildman–Crippen LogP) is 6.34. The highest BCUT2D eigenvalue weighted by Gasteiger charge is 2.18. The molecule has 0 N–H and O–H groups in total. The van der Waals surface area contributed by atoms with E-state index in [1.807, 2.05) is 0 Å². The Morgan fingerprint density at radius 1 is 1.19 bits per heavy atom. The maximum Gasteiger partial charge on any atom is 0.0219 e. The molecule has 0 fully saturated rings. The van der Waals surface area contributed by atoms with E-state index in [9.17, 15) is 0 Å². The van der Waals surface area contributed by atoms with Gasteiger partial charge in [0, 0.05) is 4.47 Å². The molecule has 2 aromatic carbocycles. The summed E-state index contributed by atoms with van der Waals surface area (Å²) in [6.07, 6.45) is 9.27. The minimum atomic E-state index is 1.04. The van der Waals surface area contributed by atoms with Gasteiger partial charge in [-0.2, -0.15) is 0 Å². The molecule has 0 aromatic heterocycles. The number of unbranched alkanes of at least 4 members (excludes halogenated alkanes) is 1. The molecule has 1 heteroatoms. The standard InChI is InChI=1S/C20H21Br/c1-3-4-8-15-9-5-6-10-16(15)20-14(2)13-19(21)17-11-7-12-18(17)20/h5-7,9-10,12-13H,3-4,8,11H2,1-2H3. The number of halogens is 1. The van der Waals surface area contributed by atoms with E-state index >= 15 is 0 Å². The van der Waals surface area contributed by atoms with Gasteiger partial charge >= 0.3 is 0 Å². The van der Waals surface area contributed by atoms with Gasteiger partial charge < -0.3 is 0 Å². The minimum absolute atomic E-state index is 1.04. The van der Waals surface area contributed by atoms with Crippen LogP contribution >= 0.6 is 15.9 Å². The van der Waals surface area contributed by atoms with E-state index in [0.29, 0.717) is 0 Å². The van der Waals surface area contributed by atoms with Gasteiger partial charge in [-0.15, -0.1) is 0 Å². The predicted molar refractivity (Wildman–Crippen MR) is 95.7 cm³/mol. The topological polar surface area (TPSA) is 0 Å². The van der Waals surface area contributed by atoms with Gasteiger partial charge in [0.15, 0.2) is 0 Å². The van der Waals surface area contributed by atoms with Crippen LogP contribution in [-0.2, 0) is 12.8 Å². The zero-order valence-corrected chi connectivity index (χ0v) is 14.3. The molecule has 0 amide bonds. The zero-order valence-electron chi connectivity index (χ0n) is 12.7. The quantitative estimate of drug-likeness (QED) is 0.609. The van der Waals surface area contributed by atoms with Crippen LogP contribution in [0.5, 0.6) is 0 Å². The minimum Gasteiger partial charge on any atom is -0.0794 e. The molecule has 0 saturated carbocycles. The Kier molecular flexibility index (Phi) is 4.30. The van der Waals surface area contributed by atoms with Gasteiger partial charge in [0.05, 0.1) is 0 Å². The molecule has 0 nitrogen and oxygen atoms in total. The van der Waals surface area contributed by atoms with Crippen LogP contribution in [0.2, 0.25) is 0 Å². The second-order valence-corrected chi connectivity index (χ2v) is 6.66. The Bertz CT molecular complexity index is 695. The van der Waals surface area contributed by atoms with E-state index in [2.05, 4.69) is 72.3 Å². The molecule has 3 rings (SSSR count). The Labute approximate surface area is 136 Å². The number of rotatable bonds is 4. The summed E-state index contributed by atoms with van der Waals surface area (Å²) >= 11 is 3.73. The zero-order chi connectivity index (χ0) is 14.8. The fraction of sp³-hybridized carbons (Fsp3) is 0.300. The molecule has 1 aliphatic rings. The van der Waals surface area contributed by atoms with Crippen molar-refractivity contribution in [2.24, 2.45) is 0 Å². The van der Waals surface area contributed by atoms with Crippen molar-refractivity contribution in [3.63, 3.8) is 0 Å².